The third-order valence-corrected chi connectivity index (χ3v) is 6.34. The topological polar surface area (TPSA) is 106 Å². The van der Waals surface area contributed by atoms with Crippen molar-refractivity contribution in [3.8, 4) is 0 Å². The first-order chi connectivity index (χ1) is 14.4. The average Bonchev–Trinajstić information content (AvgIpc) is 2.65. The summed E-state index contributed by atoms with van der Waals surface area (Å²) in [4.78, 5) is 21.2. The summed E-state index contributed by atoms with van der Waals surface area (Å²) in [5, 5.41) is 5.41. The quantitative estimate of drug-likeness (QED) is 0.776. The van der Waals surface area contributed by atoms with E-state index >= 15 is 0 Å². The Labute approximate surface area is 184 Å². The number of aryl methyl sites for hydroxylation is 2. The molecule has 2 N–H and O–H groups in total. The molecule has 0 aliphatic carbocycles. The highest BCUT2D eigenvalue weighted by Crippen LogP contribution is 2.33. The van der Waals surface area contributed by atoms with Gasteiger partial charge >= 0.3 is 6.09 Å². The molecule has 1 amide bonds. The molecule has 1 aromatic heterocycles. The number of carbonyl (C=O) groups excluding carboxylic acids is 1. The number of aromatic nitrogens is 1. The number of carbonyl (C=O) groups is 1. The van der Waals surface area contributed by atoms with Crippen LogP contribution >= 0.6 is 0 Å². The third-order valence-electron chi connectivity index (χ3n) is 5.13. The summed E-state index contributed by atoms with van der Waals surface area (Å²) in [6.07, 6.45) is 1.36. The highest BCUT2D eigenvalue weighted by atomic mass is 32.2. The van der Waals surface area contributed by atoms with Gasteiger partial charge in [-0.1, -0.05) is 18.2 Å². The molecule has 31 heavy (non-hydrogen) atoms. The number of anilines is 1. The fourth-order valence-electron chi connectivity index (χ4n) is 3.98. The van der Waals surface area contributed by atoms with Gasteiger partial charge in [-0.2, -0.15) is 0 Å². The second-order valence-electron chi connectivity index (χ2n) is 8.85. The molecule has 1 fully saturated rings. The molecular formula is C22H30N4O4S. The van der Waals surface area contributed by atoms with Crippen molar-refractivity contribution in [2.45, 2.75) is 51.2 Å². The molecule has 1 atom stereocenters. The van der Waals surface area contributed by atoms with Crippen LogP contribution in [0.25, 0.3) is 0 Å². The molecule has 0 saturated carbocycles. The van der Waals surface area contributed by atoms with E-state index in [1.165, 1.54) is 0 Å². The number of rotatable bonds is 3. The molecule has 1 aliphatic rings. The van der Waals surface area contributed by atoms with Crippen LogP contribution in [0.1, 0.15) is 43.5 Å². The van der Waals surface area contributed by atoms with Crippen molar-refractivity contribution in [3.05, 3.63) is 53.2 Å². The van der Waals surface area contributed by atoms with Crippen LogP contribution < -0.4 is 10.0 Å². The van der Waals surface area contributed by atoms with Gasteiger partial charge < -0.3 is 14.5 Å². The Kier molecular flexibility index (Phi) is 6.29. The maximum absolute atomic E-state index is 12.7. The van der Waals surface area contributed by atoms with Gasteiger partial charge in [0, 0.05) is 25.8 Å². The van der Waals surface area contributed by atoms with Crippen LogP contribution in [0.15, 0.2) is 41.4 Å². The standard InChI is InChI=1S/C22H30N4O4S/c1-15-12-17(13-16(2)20(15)31(23,28)29)18-14-25(21(27)30-22(3,4)5)10-11-26(18)19-8-6-7-9-24-19/h6-9,12-13,18H,10-11,14H2,1-5H3,(H2,23,28,29). The number of nitrogens with zero attached hydrogens (tertiary/aromatic N) is 3. The maximum Gasteiger partial charge on any atom is 0.410 e. The lowest BCUT2D eigenvalue weighted by molar-refractivity contribution is 0.0213. The van der Waals surface area contributed by atoms with E-state index in [9.17, 15) is 13.2 Å². The fourth-order valence-corrected chi connectivity index (χ4v) is 5.00. The van der Waals surface area contributed by atoms with Gasteiger partial charge in [0.2, 0.25) is 10.0 Å². The minimum atomic E-state index is -3.83. The van der Waals surface area contributed by atoms with Crippen molar-refractivity contribution < 1.29 is 17.9 Å². The summed E-state index contributed by atoms with van der Waals surface area (Å²) in [5.74, 6) is 0.794. The maximum atomic E-state index is 12.7. The van der Waals surface area contributed by atoms with Crippen molar-refractivity contribution in [3.63, 3.8) is 0 Å². The molecule has 0 spiro atoms. The van der Waals surface area contributed by atoms with Gasteiger partial charge in [0.25, 0.3) is 0 Å². The molecule has 2 heterocycles. The highest BCUT2D eigenvalue weighted by molar-refractivity contribution is 7.89. The van der Waals surface area contributed by atoms with Gasteiger partial charge in [0.05, 0.1) is 10.9 Å². The zero-order valence-electron chi connectivity index (χ0n) is 18.6. The predicted octanol–water partition coefficient (Wildman–Crippen LogP) is 3.14. The van der Waals surface area contributed by atoms with Crippen molar-refractivity contribution in [1.82, 2.24) is 9.88 Å². The number of amides is 1. The second kappa shape index (κ2) is 8.47. The van der Waals surface area contributed by atoms with E-state index in [1.807, 2.05) is 51.1 Å². The van der Waals surface area contributed by atoms with Crippen molar-refractivity contribution >= 4 is 21.9 Å². The van der Waals surface area contributed by atoms with E-state index in [4.69, 9.17) is 9.88 Å². The summed E-state index contributed by atoms with van der Waals surface area (Å²) >= 11 is 0. The van der Waals surface area contributed by atoms with E-state index in [2.05, 4.69) is 9.88 Å². The number of pyridine rings is 1. The molecule has 1 aliphatic heterocycles. The minimum Gasteiger partial charge on any atom is -0.444 e. The van der Waals surface area contributed by atoms with Crippen LogP contribution in [0, 0.1) is 13.8 Å². The number of primary sulfonamides is 1. The highest BCUT2D eigenvalue weighted by Gasteiger charge is 2.34. The summed E-state index contributed by atoms with van der Waals surface area (Å²) in [6.45, 7) is 10.4. The molecule has 2 aromatic rings. The number of hydrogen-bond acceptors (Lipinski definition) is 6. The predicted molar refractivity (Wildman–Crippen MR) is 119 cm³/mol. The first-order valence-corrected chi connectivity index (χ1v) is 11.7. The Bertz CT molecular complexity index is 1040. The molecule has 8 nitrogen and oxygen atoms in total. The minimum absolute atomic E-state index is 0.139. The molecule has 1 unspecified atom stereocenters. The molecule has 1 aromatic carbocycles. The van der Waals surface area contributed by atoms with Crippen LogP contribution in [-0.2, 0) is 14.8 Å². The number of benzene rings is 1. The summed E-state index contributed by atoms with van der Waals surface area (Å²) in [6, 6.07) is 9.13. The Balaban J connectivity index is 2.01. The first-order valence-electron chi connectivity index (χ1n) is 10.2. The SMILES string of the molecule is Cc1cc(C2CN(C(=O)OC(C)(C)C)CCN2c2ccccn2)cc(C)c1S(N)(=O)=O. The normalized spacial score (nSPS) is 17.5. The summed E-state index contributed by atoms with van der Waals surface area (Å²) < 4.78 is 29.6. The molecule has 1 saturated heterocycles. The number of nitrogens with two attached hydrogens (primary N) is 1. The third kappa shape index (κ3) is 5.34. The lowest BCUT2D eigenvalue weighted by Gasteiger charge is -2.42. The second-order valence-corrected chi connectivity index (χ2v) is 10.4. The van der Waals surface area contributed by atoms with E-state index in [0.29, 0.717) is 30.8 Å². The Morgan fingerprint density at radius 2 is 1.81 bits per heavy atom. The zero-order chi connectivity index (χ0) is 23.0. The van der Waals surface area contributed by atoms with Gasteiger partial charge in [-0.05, 0) is 63.4 Å². The van der Waals surface area contributed by atoms with Crippen LogP contribution in [-0.4, -0.2) is 49.6 Å². The Morgan fingerprint density at radius 1 is 1.16 bits per heavy atom. The van der Waals surface area contributed by atoms with E-state index in [0.717, 1.165) is 11.4 Å². The molecule has 0 bridgehead atoms. The lowest BCUT2D eigenvalue weighted by atomic mass is 9.98. The number of hydrogen-bond donors (Lipinski definition) is 1. The monoisotopic (exact) mass is 446 g/mol. The van der Waals surface area contributed by atoms with Crippen LogP contribution in [0.5, 0.6) is 0 Å². The van der Waals surface area contributed by atoms with Gasteiger partial charge in [0.1, 0.15) is 11.4 Å². The average molecular weight is 447 g/mol. The van der Waals surface area contributed by atoms with E-state index < -0.39 is 15.6 Å². The first kappa shape index (κ1) is 23.0. The van der Waals surface area contributed by atoms with Crippen LogP contribution in [0.2, 0.25) is 0 Å². The molecule has 168 valence electrons. The Morgan fingerprint density at radius 3 is 2.32 bits per heavy atom. The van der Waals surface area contributed by atoms with Crippen molar-refractivity contribution in [1.29, 1.82) is 0 Å². The van der Waals surface area contributed by atoms with Gasteiger partial charge in [-0.3, -0.25) is 0 Å². The number of sulfonamides is 1. The Hall–Kier alpha value is -2.65. The van der Waals surface area contributed by atoms with Gasteiger partial charge in [-0.15, -0.1) is 0 Å². The molecule has 9 heteroatoms. The summed E-state index contributed by atoms with van der Waals surface area (Å²) in [7, 11) is -3.83. The van der Waals surface area contributed by atoms with E-state index in [-0.39, 0.29) is 17.0 Å². The molecular weight excluding hydrogens is 416 g/mol. The number of piperazine rings is 1. The van der Waals surface area contributed by atoms with E-state index in [1.54, 1.807) is 24.9 Å². The largest absolute Gasteiger partial charge is 0.444 e. The van der Waals surface area contributed by atoms with Crippen LogP contribution in [0.3, 0.4) is 0 Å². The molecule has 3 rings (SSSR count). The van der Waals surface area contributed by atoms with Crippen LogP contribution in [0.4, 0.5) is 10.6 Å². The van der Waals surface area contributed by atoms with Crippen molar-refractivity contribution in [2.75, 3.05) is 24.5 Å². The zero-order valence-corrected chi connectivity index (χ0v) is 19.4. The molecule has 0 radical (unpaired) electrons. The van der Waals surface area contributed by atoms with Gasteiger partial charge in [-0.25, -0.2) is 23.3 Å². The fraction of sp³-hybridized carbons (Fsp3) is 0.455. The van der Waals surface area contributed by atoms with Crippen molar-refractivity contribution in [2.24, 2.45) is 5.14 Å². The smallest absolute Gasteiger partial charge is 0.410 e. The summed E-state index contributed by atoms with van der Waals surface area (Å²) in [5.41, 5.74) is 1.46. The van der Waals surface area contributed by atoms with Gasteiger partial charge in [0.15, 0.2) is 0 Å². The lowest BCUT2D eigenvalue weighted by Crippen LogP contribution is -2.52. The number of ether oxygens (including phenoxy) is 1.